The fourth-order valence-corrected chi connectivity index (χ4v) is 13.9. The van der Waals surface area contributed by atoms with Crippen LogP contribution < -0.4 is 13.7 Å². The van der Waals surface area contributed by atoms with Crippen molar-refractivity contribution in [2.75, 3.05) is 0 Å². The van der Waals surface area contributed by atoms with Gasteiger partial charge in [-0.05, 0) is 131 Å². The van der Waals surface area contributed by atoms with Crippen molar-refractivity contribution < 1.29 is 18.1 Å². The second-order valence-electron chi connectivity index (χ2n) is 22.3. The second-order valence-corrected chi connectivity index (χ2v) is 22.3. The average Bonchev–Trinajstić information content (AvgIpc) is 3.97. The van der Waals surface area contributed by atoms with E-state index in [1.807, 2.05) is 0 Å². The standard InChI is InChI=1S/C72H67FN3/c1-7-72(8-2)66(58-38-39-62(73)67-65(58)70-64-53(41-44-76(70)72)22-18-24-61(64)71(67,5)6)69-57-37-36-55(46-60(57)68-56-23-15-14-21-52(56)40-43-75(68)69)51-34-29-49(30-35-51)20-13-11-10-12-19-48-27-32-50(33-28-48)54-31-26-47(4)59(45-54)63-25-16-17-42-74(63)9-3/h14-18,21-46H,7-13,19-20H2,1-6H3/q+3. The van der Waals surface area contributed by atoms with Crippen LogP contribution in [0.4, 0.5) is 4.39 Å². The molecule has 2 aliphatic heterocycles. The lowest BCUT2D eigenvalue weighted by Crippen LogP contribution is -2.61. The maximum atomic E-state index is 16.8. The molecule has 3 nitrogen and oxygen atoms in total. The number of hydrogen-bond donors (Lipinski definition) is 0. The van der Waals surface area contributed by atoms with E-state index in [1.54, 1.807) is 6.07 Å². The molecule has 76 heavy (non-hydrogen) atoms. The zero-order valence-electron chi connectivity index (χ0n) is 45.0. The molecule has 13 rings (SSSR count). The highest BCUT2D eigenvalue weighted by molar-refractivity contribution is 6.09. The van der Waals surface area contributed by atoms with Crippen LogP contribution in [0.2, 0.25) is 0 Å². The van der Waals surface area contributed by atoms with E-state index in [0.717, 1.165) is 54.6 Å². The molecule has 0 saturated heterocycles. The molecular weight excluding hydrogens is 926 g/mol. The lowest BCUT2D eigenvalue weighted by molar-refractivity contribution is -0.741. The predicted octanol–water partition coefficient (Wildman–Crippen LogP) is 16.9. The molecule has 0 bridgehead atoms. The van der Waals surface area contributed by atoms with Crippen LogP contribution in [-0.4, -0.2) is 0 Å². The molecule has 0 fully saturated rings. The van der Waals surface area contributed by atoms with Crippen LogP contribution in [0.25, 0.3) is 88.8 Å². The Bertz CT molecular complexity index is 3980. The minimum Gasteiger partial charge on any atom is -0.207 e. The van der Waals surface area contributed by atoms with Crippen molar-refractivity contribution in [2.45, 2.75) is 110 Å². The number of aryl methyl sites for hydroxylation is 4. The first-order valence-corrected chi connectivity index (χ1v) is 28.1. The number of unbranched alkanes of at least 4 members (excludes halogenated alkanes) is 3. The van der Waals surface area contributed by atoms with E-state index in [1.165, 1.54) is 131 Å². The van der Waals surface area contributed by atoms with E-state index in [-0.39, 0.29) is 5.82 Å². The summed E-state index contributed by atoms with van der Waals surface area (Å²) in [7, 11) is 0. The van der Waals surface area contributed by atoms with E-state index < -0.39 is 11.0 Å². The summed E-state index contributed by atoms with van der Waals surface area (Å²) in [6.07, 6.45) is 15.6. The van der Waals surface area contributed by atoms with Gasteiger partial charge in [-0.1, -0.05) is 150 Å². The molecule has 1 aliphatic carbocycles. The molecule has 4 heteroatoms. The van der Waals surface area contributed by atoms with Gasteiger partial charge in [-0.15, -0.1) is 0 Å². The Morgan fingerprint density at radius 3 is 1.86 bits per heavy atom. The number of halogens is 1. The van der Waals surface area contributed by atoms with Gasteiger partial charge in [0, 0.05) is 59.2 Å². The van der Waals surface area contributed by atoms with Crippen molar-refractivity contribution in [1.82, 2.24) is 0 Å². The number of hydrogen-bond acceptors (Lipinski definition) is 0. The summed E-state index contributed by atoms with van der Waals surface area (Å²) < 4.78 is 24.1. The SMILES string of the molecule is CC[n+]1ccccc1-c1cc(-c2ccc(CCCCCCc3ccc(-c4ccc5c(c4)-c4c6ccccc6cc[n+]4C5=C4c5ccc(F)c6c5-c5c7c(cccc7cc[n+]5C4(CC)CC)C6(C)C)cc3)cc2)ccc1C. The van der Waals surface area contributed by atoms with E-state index in [2.05, 4.69) is 238 Å². The summed E-state index contributed by atoms with van der Waals surface area (Å²) in [5.74, 6) is -0.136. The topological polar surface area (TPSA) is 11.6 Å². The molecule has 0 atom stereocenters. The third-order valence-electron chi connectivity index (χ3n) is 18.0. The molecule has 7 aromatic carbocycles. The first-order chi connectivity index (χ1) is 37.1. The lowest BCUT2D eigenvalue weighted by Gasteiger charge is -2.41. The number of allylic oxidation sites excluding steroid dienone is 1. The van der Waals surface area contributed by atoms with Crippen molar-refractivity contribution in [2.24, 2.45) is 0 Å². The van der Waals surface area contributed by atoms with Gasteiger partial charge in [0.15, 0.2) is 24.1 Å². The van der Waals surface area contributed by atoms with Gasteiger partial charge in [0.25, 0.3) is 0 Å². The third-order valence-corrected chi connectivity index (χ3v) is 18.0. The Morgan fingerprint density at radius 2 is 1.14 bits per heavy atom. The van der Waals surface area contributed by atoms with Gasteiger partial charge < -0.3 is 0 Å². The average molecular weight is 993 g/mol. The molecule has 0 N–H and O–H groups in total. The highest BCUT2D eigenvalue weighted by Crippen LogP contribution is 2.57. The Labute approximate surface area is 448 Å². The van der Waals surface area contributed by atoms with Gasteiger partial charge in [0.2, 0.25) is 22.8 Å². The summed E-state index contributed by atoms with van der Waals surface area (Å²) >= 11 is 0. The predicted molar refractivity (Wildman–Crippen MR) is 311 cm³/mol. The molecule has 0 amide bonds. The summed E-state index contributed by atoms with van der Waals surface area (Å²) in [6, 6.07) is 62.9. The number of rotatable bonds is 13. The van der Waals surface area contributed by atoms with Crippen LogP contribution in [-0.2, 0) is 30.3 Å². The minimum absolute atomic E-state index is 0.136. The Balaban J connectivity index is 0.762. The molecule has 10 aromatic rings. The number of fused-ring (bicyclic) bond motifs is 5. The van der Waals surface area contributed by atoms with Gasteiger partial charge in [-0.25, -0.2) is 4.39 Å². The first kappa shape index (κ1) is 47.9. The summed E-state index contributed by atoms with van der Waals surface area (Å²) in [5, 5.41) is 4.91. The highest BCUT2D eigenvalue weighted by Gasteiger charge is 2.57. The van der Waals surface area contributed by atoms with Gasteiger partial charge in [-0.2, -0.15) is 13.7 Å². The highest BCUT2D eigenvalue weighted by atomic mass is 19.1. The summed E-state index contributed by atoms with van der Waals surface area (Å²) in [6.45, 7) is 14.5. The fraction of sp³-hybridized carbons (Fsp3) is 0.236. The van der Waals surface area contributed by atoms with Gasteiger partial charge >= 0.3 is 0 Å². The number of benzene rings is 7. The van der Waals surface area contributed by atoms with E-state index in [0.29, 0.717) is 0 Å². The molecule has 0 unspecified atom stereocenters. The largest absolute Gasteiger partial charge is 0.230 e. The zero-order chi connectivity index (χ0) is 51.9. The molecular formula is C72H67FN3+3. The second kappa shape index (κ2) is 18.8. The fourth-order valence-electron chi connectivity index (χ4n) is 13.9. The minimum atomic E-state index is -0.528. The molecule has 374 valence electrons. The Morgan fingerprint density at radius 1 is 0.513 bits per heavy atom. The zero-order valence-corrected chi connectivity index (χ0v) is 45.0. The Kier molecular flexibility index (Phi) is 11.8. The molecule has 5 heterocycles. The quantitative estimate of drug-likeness (QED) is 0.0806. The first-order valence-electron chi connectivity index (χ1n) is 28.1. The van der Waals surface area contributed by atoms with Crippen molar-refractivity contribution in [3.05, 3.63) is 233 Å². The van der Waals surface area contributed by atoms with Gasteiger partial charge in [0.05, 0.1) is 27.5 Å². The molecule has 0 saturated carbocycles. The molecule has 3 aliphatic rings. The van der Waals surface area contributed by atoms with Crippen LogP contribution in [0.3, 0.4) is 0 Å². The monoisotopic (exact) mass is 993 g/mol. The molecule has 0 spiro atoms. The van der Waals surface area contributed by atoms with Crippen LogP contribution in [0, 0.1) is 12.7 Å². The molecule has 0 radical (unpaired) electrons. The summed E-state index contributed by atoms with van der Waals surface area (Å²) in [4.78, 5) is 0. The third kappa shape index (κ3) is 7.46. The smallest absolute Gasteiger partial charge is 0.207 e. The van der Waals surface area contributed by atoms with Gasteiger partial charge in [-0.3, -0.25) is 0 Å². The van der Waals surface area contributed by atoms with Crippen LogP contribution in [0.5, 0.6) is 0 Å². The van der Waals surface area contributed by atoms with Crippen LogP contribution in [0.15, 0.2) is 188 Å². The number of pyridine rings is 3. The van der Waals surface area contributed by atoms with Crippen LogP contribution >= 0.6 is 0 Å². The van der Waals surface area contributed by atoms with Gasteiger partial charge in [0.1, 0.15) is 17.9 Å². The normalized spacial score (nSPS) is 15.3. The maximum Gasteiger partial charge on any atom is 0.230 e. The number of aromatic nitrogens is 3. The van der Waals surface area contributed by atoms with Crippen molar-refractivity contribution in [3.63, 3.8) is 0 Å². The number of nitrogens with zero attached hydrogens (tertiary/aromatic N) is 3. The lowest BCUT2D eigenvalue weighted by atomic mass is 9.64. The Hall–Kier alpha value is -7.82. The van der Waals surface area contributed by atoms with Crippen molar-refractivity contribution in [1.29, 1.82) is 0 Å². The summed E-state index contributed by atoms with van der Waals surface area (Å²) in [5.41, 5.74) is 22.2. The van der Waals surface area contributed by atoms with Crippen molar-refractivity contribution >= 4 is 32.8 Å². The maximum absolute atomic E-state index is 16.8. The van der Waals surface area contributed by atoms with Crippen molar-refractivity contribution in [3.8, 4) is 56.0 Å². The van der Waals surface area contributed by atoms with E-state index in [9.17, 15) is 0 Å². The van der Waals surface area contributed by atoms with E-state index in [4.69, 9.17) is 0 Å². The van der Waals surface area contributed by atoms with Crippen LogP contribution in [0.1, 0.15) is 112 Å². The van der Waals surface area contributed by atoms with E-state index >= 15 is 4.39 Å². The molecule has 3 aromatic heterocycles.